The molecule has 0 bridgehead atoms. The van der Waals surface area contributed by atoms with Crippen LogP contribution >= 0.6 is 0 Å². The van der Waals surface area contributed by atoms with Crippen molar-refractivity contribution in [1.82, 2.24) is 5.32 Å². The molecule has 14 heavy (non-hydrogen) atoms. The molecule has 1 aliphatic rings. The molecule has 2 rings (SSSR count). The Labute approximate surface area is 83.1 Å². The first-order chi connectivity index (χ1) is 6.79. The standard InChI is InChI=1S/C11H13NO2/c1-8-2-4-9(5-3-8)10-7-14-11(6-13)12-10/h2-6,10-12H,7H2,1H3/t10-,11?/m0/s1. The van der Waals surface area contributed by atoms with E-state index in [9.17, 15) is 4.79 Å². The van der Waals surface area contributed by atoms with Crippen LogP contribution in [-0.4, -0.2) is 19.1 Å². The van der Waals surface area contributed by atoms with Crippen molar-refractivity contribution in [3.63, 3.8) is 0 Å². The zero-order valence-electron chi connectivity index (χ0n) is 8.07. The molecule has 1 fully saturated rings. The molecule has 1 saturated heterocycles. The van der Waals surface area contributed by atoms with Gasteiger partial charge in [0, 0.05) is 0 Å². The summed E-state index contributed by atoms with van der Waals surface area (Å²) in [4.78, 5) is 10.5. The van der Waals surface area contributed by atoms with Crippen molar-refractivity contribution in [2.24, 2.45) is 0 Å². The summed E-state index contributed by atoms with van der Waals surface area (Å²) in [6.45, 7) is 2.61. The Balaban J connectivity index is 2.09. The lowest BCUT2D eigenvalue weighted by Crippen LogP contribution is -2.26. The maximum atomic E-state index is 10.5. The SMILES string of the molecule is Cc1ccc([C@@H]2COC(C=O)N2)cc1. The molecule has 1 aliphatic heterocycles. The summed E-state index contributed by atoms with van der Waals surface area (Å²) >= 11 is 0. The highest BCUT2D eigenvalue weighted by Gasteiger charge is 2.24. The monoisotopic (exact) mass is 191 g/mol. The van der Waals surface area contributed by atoms with Crippen molar-refractivity contribution in [3.8, 4) is 0 Å². The fraction of sp³-hybridized carbons (Fsp3) is 0.364. The van der Waals surface area contributed by atoms with Crippen LogP contribution in [0.5, 0.6) is 0 Å². The Morgan fingerprint density at radius 3 is 2.71 bits per heavy atom. The maximum Gasteiger partial charge on any atom is 0.165 e. The van der Waals surface area contributed by atoms with Crippen LogP contribution in [0.25, 0.3) is 0 Å². The van der Waals surface area contributed by atoms with E-state index in [0.29, 0.717) is 6.61 Å². The molecule has 2 atom stereocenters. The first-order valence-corrected chi connectivity index (χ1v) is 4.69. The van der Waals surface area contributed by atoms with Gasteiger partial charge in [-0.3, -0.25) is 10.1 Å². The van der Waals surface area contributed by atoms with Gasteiger partial charge in [0.1, 0.15) is 0 Å². The molecule has 0 amide bonds. The van der Waals surface area contributed by atoms with Crippen LogP contribution in [0.15, 0.2) is 24.3 Å². The summed E-state index contributed by atoms with van der Waals surface area (Å²) in [5.74, 6) is 0. The van der Waals surface area contributed by atoms with Gasteiger partial charge in [-0.25, -0.2) is 0 Å². The smallest absolute Gasteiger partial charge is 0.165 e. The van der Waals surface area contributed by atoms with Crippen molar-refractivity contribution < 1.29 is 9.53 Å². The van der Waals surface area contributed by atoms with Gasteiger partial charge in [0.2, 0.25) is 0 Å². The van der Waals surface area contributed by atoms with E-state index in [-0.39, 0.29) is 6.04 Å². The summed E-state index contributed by atoms with van der Waals surface area (Å²) < 4.78 is 5.22. The molecule has 0 spiro atoms. The topological polar surface area (TPSA) is 38.3 Å². The quantitative estimate of drug-likeness (QED) is 0.713. The van der Waals surface area contributed by atoms with Gasteiger partial charge >= 0.3 is 0 Å². The van der Waals surface area contributed by atoms with Crippen molar-refractivity contribution in [1.29, 1.82) is 0 Å². The lowest BCUT2D eigenvalue weighted by atomic mass is 10.1. The fourth-order valence-corrected chi connectivity index (χ4v) is 1.56. The number of aryl methyl sites for hydroxylation is 1. The van der Waals surface area contributed by atoms with E-state index in [1.807, 2.05) is 0 Å². The van der Waals surface area contributed by atoms with Crippen LogP contribution in [0.2, 0.25) is 0 Å². The number of nitrogens with one attached hydrogen (secondary N) is 1. The highest BCUT2D eigenvalue weighted by molar-refractivity contribution is 5.56. The Morgan fingerprint density at radius 1 is 1.43 bits per heavy atom. The number of carbonyl (C=O) groups is 1. The van der Waals surface area contributed by atoms with Gasteiger partial charge in [-0.1, -0.05) is 29.8 Å². The molecule has 1 aromatic carbocycles. The second-order valence-corrected chi connectivity index (χ2v) is 3.52. The molecule has 1 aromatic rings. The van der Waals surface area contributed by atoms with Gasteiger partial charge in [-0.2, -0.15) is 0 Å². The van der Waals surface area contributed by atoms with E-state index < -0.39 is 6.23 Å². The van der Waals surface area contributed by atoms with Crippen LogP contribution in [0.3, 0.4) is 0 Å². The molecule has 3 nitrogen and oxygen atoms in total. The number of ether oxygens (including phenoxy) is 1. The first-order valence-electron chi connectivity index (χ1n) is 4.69. The van der Waals surface area contributed by atoms with E-state index in [1.54, 1.807) is 0 Å². The third-order valence-electron chi connectivity index (χ3n) is 2.41. The zero-order chi connectivity index (χ0) is 9.97. The second-order valence-electron chi connectivity index (χ2n) is 3.52. The van der Waals surface area contributed by atoms with E-state index in [2.05, 4.69) is 36.5 Å². The largest absolute Gasteiger partial charge is 0.354 e. The lowest BCUT2D eigenvalue weighted by Gasteiger charge is -2.09. The van der Waals surface area contributed by atoms with Gasteiger partial charge < -0.3 is 4.74 Å². The third kappa shape index (κ3) is 1.84. The lowest BCUT2D eigenvalue weighted by molar-refractivity contribution is -0.116. The predicted octanol–water partition coefficient (Wildman–Crippen LogP) is 1.18. The summed E-state index contributed by atoms with van der Waals surface area (Å²) in [5, 5.41) is 3.09. The van der Waals surface area contributed by atoms with E-state index >= 15 is 0 Å². The van der Waals surface area contributed by atoms with Gasteiger partial charge in [0.05, 0.1) is 12.6 Å². The molecule has 3 heteroatoms. The highest BCUT2D eigenvalue weighted by Crippen LogP contribution is 2.19. The molecule has 0 saturated carbocycles. The van der Waals surface area contributed by atoms with Crippen molar-refractivity contribution in [3.05, 3.63) is 35.4 Å². The molecule has 1 heterocycles. The molecule has 0 aliphatic carbocycles. The second kappa shape index (κ2) is 3.90. The average Bonchev–Trinajstić information content (AvgIpc) is 2.67. The molecule has 1 N–H and O–H groups in total. The fourth-order valence-electron chi connectivity index (χ4n) is 1.56. The number of rotatable bonds is 2. The Hall–Kier alpha value is -1.19. The number of hydrogen-bond donors (Lipinski definition) is 1. The van der Waals surface area contributed by atoms with Crippen molar-refractivity contribution in [2.45, 2.75) is 19.2 Å². The maximum absolute atomic E-state index is 10.5. The highest BCUT2D eigenvalue weighted by atomic mass is 16.5. The van der Waals surface area contributed by atoms with Gasteiger partial charge in [0.15, 0.2) is 12.5 Å². The number of carbonyl (C=O) groups excluding carboxylic acids is 1. The number of hydrogen-bond acceptors (Lipinski definition) is 3. The molecular formula is C11H13NO2. The minimum absolute atomic E-state index is 0.144. The van der Waals surface area contributed by atoms with Crippen molar-refractivity contribution in [2.75, 3.05) is 6.61 Å². The zero-order valence-corrected chi connectivity index (χ0v) is 8.07. The summed E-state index contributed by atoms with van der Waals surface area (Å²) in [6, 6.07) is 8.38. The third-order valence-corrected chi connectivity index (χ3v) is 2.41. The van der Waals surface area contributed by atoms with Crippen LogP contribution in [0.1, 0.15) is 17.2 Å². The summed E-state index contributed by atoms with van der Waals surface area (Å²) in [6.07, 6.45) is 0.343. The van der Waals surface area contributed by atoms with E-state index in [4.69, 9.17) is 4.74 Å². The predicted molar refractivity (Wildman–Crippen MR) is 52.9 cm³/mol. The van der Waals surface area contributed by atoms with Gasteiger partial charge in [-0.15, -0.1) is 0 Å². The molecule has 0 aromatic heterocycles. The molecule has 1 unspecified atom stereocenters. The van der Waals surface area contributed by atoms with Crippen LogP contribution < -0.4 is 5.32 Å². The number of benzene rings is 1. The molecular weight excluding hydrogens is 178 g/mol. The first kappa shape index (κ1) is 9.37. The van der Waals surface area contributed by atoms with E-state index in [1.165, 1.54) is 11.1 Å². The minimum atomic E-state index is -0.443. The van der Waals surface area contributed by atoms with Crippen LogP contribution in [-0.2, 0) is 9.53 Å². The Kier molecular flexibility index (Phi) is 2.61. The molecule has 0 radical (unpaired) electrons. The Bertz CT molecular complexity index is 321. The summed E-state index contributed by atoms with van der Waals surface area (Å²) in [7, 11) is 0. The van der Waals surface area contributed by atoms with Crippen LogP contribution in [0.4, 0.5) is 0 Å². The van der Waals surface area contributed by atoms with Crippen LogP contribution in [0, 0.1) is 6.92 Å². The minimum Gasteiger partial charge on any atom is -0.354 e. The number of aldehydes is 1. The normalized spacial score (nSPS) is 26.4. The van der Waals surface area contributed by atoms with Crippen molar-refractivity contribution >= 4 is 6.29 Å². The van der Waals surface area contributed by atoms with Gasteiger partial charge in [-0.05, 0) is 12.5 Å². The average molecular weight is 191 g/mol. The molecule has 74 valence electrons. The Morgan fingerprint density at radius 2 is 2.14 bits per heavy atom. The van der Waals surface area contributed by atoms with Gasteiger partial charge in [0.25, 0.3) is 0 Å². The van der Waals surface area contributed by atoms with E-state index in [0.717, 1.165) is 6.29 Å². The summed E-state index contributed by atoms with van der Waals surface area (Å²) in [5.41, 5.74) is 2.40.